The Balaban J connectivity index is 2.09. The van der Waals surface area contributed by atoms with Crippen molar-refractivity contribution in [2.45, 2.75) is 45.3 Å². The van der Waals surface area contributed by atoms with E-state index in [9.17, 15) is 18.0 Å². The summed E-state index contributed by atoms with van der Waals surface area (Å²) in [5, 5.41) is 3.40. The van der Waals surface area contributed by atoms with Gasteiger partial charge in [0.2, 0.25) is 21.8 Å². The topological polar surface area (TPSA) is 86.8 Å². The summed E-state index contributed by atoms with van der Waals surface area (Å²) < 4.78 is 27.5. The number of hydrogen-bond acceptors (Lipinski definition) is 4. The van der Waals surface area contributed by atoms with Gasteiger partial charge in [-0.05, 0) is 62.2 Å². The van der Waals surface area contributed by atoms with Gasteiger partial charge < -0.3 is 10.2 Å². The Hall–Kier alpha value is -2.59. The molecule has 0 saturated carbocycles. The second kappa shape index (κ2) is 13.4. The van der Waals surface area contributed by atoms with Gasteiger partial charge in [-0.3, -0.25) is 13.9 Å². The van der Waals surface area contributed by atoms with Crippen molar-refractivity contribution in [3.05, 3.63) is 98.4 Å². The van der Waals surface area contributed by atoms with Gasteiger partial charge >= 0.3 is 0 Å². The molecule has 0 aliphatic heterocycles. The number of anilines is 1. The number of amides is 2. The number of hydrogen-bond donors (Lipinski definition) is 1. The standard InChI is InChI=1S/C29H32BrCl2N3O4S/c1-29(2,3)33-28(37)26(16-20-9-6-5-7-10-20)34(18-21-11-8-12-22(30)15-21)27(36)19-35(40(4,38)39)23-13-14-24(31)25(32)17-23/h5-15,17,26H,16,18-19H2,1-4H3,(H,33,37). The molecule has 0 aliphatic rings. The summed E-state index contributed by atoms with van der Waals surface area (Å²) in [6.07, 6.45) is 1.24. The molecule has 1 unspecified atom stereocenters. The van der Waals surface area contributed by atoms with Crippen LogP contribution in [0.2, 0.25) is 10.0 Å². The number of halogens is 3. The van der Waals surface area contributed by atoms with Crippen LogP contribution in [0, 0.1) is 0 Å². The second-order valence-electron chi connectivity index (χ2n) is 10.5. The predicted molar refractivity (Wildman–Crippen MR) is 165 cm³/mol. The first-order valence-electron chi connectivity index (χ1n) is 12.5. The summed E-state index contributed by atoms with van der Waals surface area (Å²) in [6.45, 7) is 5.12. The van der Waals surface area contributed by atoms with E-state index in [-0.39, 0.29) is 34.6 Å². The van der Waals surface area contributed by atoms with Gasteiger partial charge in [-0.1, -0.05) is 81.6 Å². The van der Waals surface area contributed by atoms with E-state index >= 15 is 0 Å². The van der Waals surface area contributed by atoms with Gasteiger partial charge in [0.15, 0.2) is 0 Å². The molecular formula is C29H32BrCl2N3O4S. The van der Waals surface area contributed by atoms with E-state index < -0.39 is 34.1 Å². The Labute approximate surface area is 254 Å². The smallest absolute Gasteiger partial charge is 0.244 e. The van der Waals surface area contributed by atoms with Crippen LogP contribution < -0.4 is 9.62 Å². The second-order valence-corrected chi connectivity index (χ2v) is 14.1. The molecule has 0 radical (unpaired) electrons. The van der Waals surface area contributed by atoms with Gasteiger partial charge in [0.1, 0.15) is 12.6 Å². The minimum absolute atomic E-state index is 0.0757. The Morgan fingerprint density at radius 3 is 2.15 bits per heavy atom. The zero-order chi connectivity index (χ0) is 29.7. The summed E-state index contributed by atoms with van der Waals surface area (Å²) in [4.78, 5) is 29.2. The summed E-state index contributed by atoms with van der Waals surface area (Å²) >= 11 is 15.7. The maximum Gasteiger partial charge on any atom is 0.244 e. The van der Waals surface area contributed by atoms with Crippen LogP contribution in [0.1, 0.15) is 31.9 Å². The highest BCUT2D eigenvalue weighted by Gasteiger charge is 2.34. The van der Waals surface area contributed by atoms with Crippen LogP contribution in [0.15, 0.2) is 77.3 Å². The Bertz CT molecular complexity index is 1460. The highest BCUT2D eigenvalue weighted by Crippen LogP contribution is 2.29. The third-order valence-electron chi connectivity index (χ3n) is 5.88. The third-order valence-corrected chi connectivity index (χ3v) is 8.25. The molecule has 40 heavy (non-hydrogen) atoms. The normalized spacial score (nSPS) is 12.5. The van der Waals surface area contributed by atoms with Crippen LogP contribution in [0.25, 0.3) is 0 Å². The molecule has 1 N–H and O–H groups in total. The molecule has 0 heterocycles. The lowest BCUT2D eigenvalue weighted by molar-refractivity contribution is -0.140. The molecule has 2 amide bonds. The molecule has 0 aliphatic carbocycles. The van der Waals surface area contributed by atoms with Crippen LogP contribution in [0.3, 0.4) is 0 Å². The molecule has 0 saturated heterocycles. The average molecular weight is 669 g/mol. The fourth-order valence-electron chi connectivity index (χ4n) is 4.09. The number of carbonyl (C=O) groups is 2. The quantitative estimate of drug-likeness (QED) is 0.284. The molecule has 3 rings (SSSR count). The van der Waals surface area contributed by atoms with Crippen molar-refractivity contribution in [1.29, 1.82) is 0 Å². The number of nitrogens with one attached hydrogen (secondary N) is 1. The highest BCUT2D eigenvalue weighted by atomic mass is 79.9. The van der Waals surface area contributed by atoms with E-state index in [2.05, 4.69) is 21.2 Å². The fourth-order valence-corrected chi connectivity index (χ4v) is 5.67. The van der Waals surface area contributed by atoms with Crippen molar-refractivity contribution < 1.29 is 18.0 Å². The number of benzene rings is 3. The van der Waals surface area contributed by atoms with Crippen LogP contribution in [-0.4, -0.2) is 49.5 Å². The molecule has 0 aromatic heterocycles. The zero-order valence-corrected chi connectivity index (χ0v) is 26.6. The molecule has 7 nitrogen and oxygen atoms in total. The maximum absolute atomic E-state index is 14.1. The summed E-state index contributed by atoms with van der Waals surface area (Å²) in [6, 6.07) is 20.2. The van der Waals surface area contributed by atoms with Crippen molar-refractivity contribution in [1.82, 2.24) is 10.2 Å². The average Bonchev–Trinajstić information content (AvgIpc) is 2.85. The van der Waals surface area contributed by atoms with Gasteiger partial charge in [0.25, 0.3) is 0 Å². The largest absolute Gasteiger partial charge is 0.350 e. The van der Waals surface area contributed by atoms with Gasteiger partial charge in [0.05, 0.1) is 22.0 Å². The molecule has 0 bridgehead atoms. The first kappa shape index (κ1) is 31.9. The molecule has 3 aromatic carbocycles. The first-order valence-corrected chi connectivity index (χ1v) is 15.9. The fraction of sp³-hybridized carbons (Fsp3) is 0.310. The van der Waals surface area contributed by atoms with Crippen LogP contribution in [0.5, 0.6) is 0 Å². The minimum Gasteiger partial charge on any atom is -0.350 e. The summed E-state index contributed by atoms with van der Waals surface area (Å²) in [7, 11) is -3.91. The number of sulfonamides is 1. The molecule has 0 fully saturated rings. The lowest BCUT2D eigenvalue weighted by Gasteiger charge is -2.35. The molecular weight excluding hydrogens is 637 g/mol. The van der Waals surface area contributed by atoms with E-state index in [4.69, 9.17) is 23.2 Å². The maximum atomic E-state index is 14.1. The van der Waals surface area contributed by atoms with Crippen molar-refractivity contribution in [2.24, 2.45) is 0 Å². The van der Waals surface area contributed by atoms with E-state index in [1.807, 2.05) is 75.4 Å². The molecule has 11 heteroatoms. The predicted octanol–water partition coefficient (Wildman–Crippen LogP) is 6.08. The Morgan fingerprint density at radius 1 is 0.925 bits per heavy atom. The van der Waals surface area contributed by atoms with E-state index in [1.165, 1.54) is 23.1 Å². The van der Waals surface area contributed by atoms with Crippen LogP contribution in [0.4, 0.5) is 5.69 Å². The van der Waals surface area contributed by atoms with Gasteiger partial charge in [0, 0.05) is 23.0 Å². The van der Waals surface area contributed by atoms with Crippen molar-refractivity contribution >= 4 is 66.7 Å². The monoisotopic (exact) mass is 667 g/mol. The third kappa shape index (κ3) is 9.23. The zero-order valence-electron chi connectivity index (χ0n) is 22.7. The highest BCUT2D eigenvalue weighted by molar-refractivity contribution is 9.10. The Kier molecular flexibility index (Phi) is 10.7. The molecule has 3 aromatic rings. The van der Waals surface area contributed by atoms with Gasteiger partial charge in [-0.25, -0.2) is 8.42 Å². The van der Waals surface area contributed by atoms with Crippen LogP contribution >= 0.6 is 39.1 Å². The minimum atomic E-state index is -3.91. The van der Waals surface area contributed by atoms with E-state index in [0.717, 1.165) is 26.2 Å². The van der Waals surface area contributed by atoms with E-state index in [1.54, 1.807) is 0 Å². The van der Waals surface area contributed by atoms with Crippen molar-refractivity contribution in [3.63, 3.8) is 0 Å². The van der Waals surface area contributed by atoms with Gasteiger partial charge in [-0.2, -0.15) is 0 Å². The van der Waals surface area contributed by atoms with Crippen molar-refractivity contribution in [3.8, 4) is 0 Å². The summed E-state index contributed by atoms with van der Waals surface area (Å²) in [5.41, 5.74) is 1.25. The lowest BCUT2D eigenvalue weighted by Crippen LogP contribution is -2.56. The SMILES string of the molecule is CC(C)(C)NC(=O)C(Cc1ccccc1)N(Cc1cccc(Br)c1)C(=O)CN(c1ccc(Cl)c(Cl)c1)S(C)(=O)=O. The molecule has 214 valence electrons. The summed E-state index contributed by atoms with van der Waals surface area (Å²) in [5.74, 6) is -0.901. The lowest BCUT2D eigenvalue weighted by atomic mass is 10.0. The molecule has 0 spiro atoms. The van der Waals surface area contributed by atoms with Crippen molar-refractivity contribution in [2.75, 3.05) is 17.1 Å². The molecule has 1 atom stereocenters. The van der Waals surface area contributed by atoms with Gasteiger partial charge in [-0.15, -0.1) is 0 Å². The van der Waals surface area contributed by atoms with E-state index in [0.29, 0.717) is 0 Å². The number of carbonyl (C=O) groups excluding carboxylic acids is 2. The first-order chi connectivity index (χ1) is 18.6. The van der Waals surface area contributed by atoms with Crippen LogP contribution in [-0.2, 0) is 32.6 Å². The number of rotatable bonds is 10. The number of nitrogens with zero attached hydrogens (tertiary/aromatic N) is 2. The Morgan fingerprint density at radius 2 is 1.57 bits per heavy atom.